The van der Waals surface area contributed by atoms with E-state index in [0.29, 0.717) is 0 Å². The molecule has 2 aromatic rings. The second kappa shape index (κ2) is 6.44. The number of hydrogen-bond acceptors (Lipinski definition) is 2. The van der Waals surface area contributed by atoms with E-state index in [4.69, 9.17) is 0 Å². The molecule has 0 bridgehead atoms. The maximum Gasteiger partial charge on any atom is 0.0610 e. The topological polar surface area (TPSA) is 29.9 Å². The van der Waals surface area contributed by atoms with E-state index >= 15 is 0 Å². The van der Waals surface area contributed by atoms with Gasteiger partial charge in [-0.2, -0.15) is 5.10 Å². The lowest BCUT2D eigenvalue weighted by molar-refractivity contribution is 0.556. The first kappa shape index (κ1) is 15.8. The van der Waals surface area contributed by atoms with E-state index in [2.05, 4.69) is 75.5 Å². The third-order valence-corrected chi connectivity index (χ3v) is 3.80. The predicted octanol–water partition coefficient (Wildman–Crippen LogP) is 3.90. The standard InChI is InChI=1S/C18H27N3/c1-6-19-17(14-12-20-21(7-2)13-14)15-10-8-9-11-16(15)18(3,4)5/h8-13,17,19H,6-7H2,1-5H3. The van der Waals surface area contributed by atoms with E-state index in [9.17, 15) is 0 Å². The Hall–Kier alpha value is -1.61. The number of benzene rings is 1. The fourth-order valence-electron chi connectivity index (χ4n) is 2.74. The summed E-state index contributed by atoms with van der Waals surface area (Å²) < 4.78 is 1.99. The second-order valence-electron chi connectivity index (χ2n) is 6.46. The summed E-state index contributed by atoms with van der Waals surface area (Å²) in [6.45, 7) is 12.9. The van der Waals surface area contributed by atoms with Crippen LogP contribution in [-0.4, -0.2) is 16.3 Å². The second-order valence-corrected chi connectivity index (χ2v) is 6.46. The first-order valence-electron chi connectivity index (χ1n) is 7.82. The Balaban J connectivity index is 2.48. The molecule has 0 spiro atoms. The van der Waals surface area contributed by atoms with Crippen molar-refractivity contribution >= 4 is 0 Å². The molecule has 0 amide bonds. The summed E-state index contributed by atoms with van der Waals surface area (Å²) in [5, 5.41) is 8.04. The molecular formula is C18H27N3. The van der Waals surface area contributed by atoms with Gasteiger partial charge in [0.2, 0.25) is 0 Å². The Morgan fingerprint density at radius 1 is 1.19 bits per heavy atom. The highest BCUT2D eigenvalue weighted by Crippen LogP contribution is 2.32. The molecule has 1 N–H and O–H groups in total. The molecule has 0 aliphatic heterocycles. The minimum atomic E-state index is 0.130. The van der Waals surface area contributed by atoms with E-state index < -0.39 is 0 Å². The normalized spacial score (nSPS) is 13.4. The van der Waals surface area contributed by atoms with Crippen molar-refractivity contribution in [3.8, 4) is 0 Å². The Morgan fingerprint density at radius 3 is 2.48 bits per heavy atom. The van der Waals surface area contributed by atoms with Gasteiger partial charge in [-0.3, -0.25) is 4.68 Å². The van der Waals surface area contributed by atoms with Crippen molar-refractivity contribution in [3.63, 3.8) is 0 Å². The Bertz CT molecular complexity index is 578. The third kappa shape index (κ3) is 3.53. The zero-order chi connectivity index (χ0) is 15.5. The molecule has 1 unspecified atom stereocenters. The van der Waals surface area contributed by atoms with Crippen molar-refractivity contribution < 1.29 is 0 Å². The van der Waals surface area contributed by atoms with Crippen LogP contribution in [0.4, 0.5) is 0 Å². The maximum absolute atomic E-state index is 4.43. The van der Waals surface area contributed by atoms with Crippen LogP contribution >= 0.6 is 0 Å². The fraction of sp³-hybridized carbons (Fsp3) is 0.500. The molecule has 1 aromatic carbocycles. The molecule has 0 aliphatic rings. The van der Waals surface area contributed by atoms with Crippen LogP contribution in [0, 0.1) is 0 Å². The quantitative estimate of drug-likeness (QED) is 0.903. The number of aromatic nitrogens is 2. The molecule has 1 atom stereocenters. The van der Waals surface area contributed by atoms with Gasteiger partial charge in [0, 0.05) is 18.3 Å². The van der Waals surface area contributed by atoms with Crippen molar-refractivity contribution in [2.24, 2.45) is 0 Å². The average Bonchev–Trinajstić information content (AvgIpc) is 2.92. The molecule has 1 heterocycles. The minimum Gasteiger partial charge on any atom is -0.306 e. The smallest absolute Gasteiger partial charge is 0.0610 e. The summed E-state index contributed by atoms with van der Waals surface area (Å²) in [6, 6.07) is 8.92. The van der Waals surface area contributed by atoms with Gasteiger partial charge in [0.05, 0.1) is 12.2 Å². The number of hydrogen-bond donors (Lipinski definition) is 1. The zero-order valence-corrected chi connectivity index (χ0v) is 13.9. The lowest BCUT2D eigenvalue weighted by Gasteiger charge is -2.27. The number of nitrogens with zero attached hydrogens (tertiary/aromatic N) is 2. The van der Waals surface area contributed by atoms with Crippen LogP contribution in [0.1, 0.15) is 57.4 Å². The number of rotatable bonds is 5. The largest absolute Gasteiger partial charge is 0.306 e. The summed E-state index contributed by atoms with van der Waals surface area (Å²) in [6.07, 6.45) is 4.13. The average molecular weight is 285 g/mol. The van der Waals surface area contributed by atoms with E-state index in [1.54, 1.807) is 0 Å². The van der Waals surface area contributed by atoms with Crippen molar-refractivity contribution in [3.05, 3.63) is 53.3 Å². The summed E-state index contributed by atoms with van der Waals surface area (Å²) >= 11 is 0. The summed E-state index contributed by atoms with van der Waals surface area (Å²) in [7, 11) is 0. The van der Waals surface area contributed by atoms with E-state index in [-0.39, 0.29) is 11.5 Å². The van der Waals surface area contributed by atoms with Crippen LogP contribution in [0.2, 0.25) is 0 Å². The molecule has 0 aliphatic carbocycles. The van der Waals surface area contributed by atoms with Crippen molar-refractivity contribution in [2.45, 2.75) is 52.6 Å². The Morgan fingerprint density at radius 2 is 1.90 bits per heavy atom. The van der Waals surface area contributed by atoms with Gasteiger partial charge in [0.1, 0.15) is 0 Å². The van der Waals surface area contributed by atoms with Crippen molar-refractivity contribution in [1.82, 2.24) is 15.1 Å². The van der Waals surface area contributed by atoms with Crippen LogP contribution in [0.3, 0.4) is 0 Å². The summed E-state index contributed by atoms with van der Waals surface area (Å²) in [5.74, 6) is 0. The van der Waals surface area contributed by atoms with Crippen molar-refractivity contribution in [1.29, 1.82) is 0 Å². The van der Waals surface area contributed by atoms with Gasteiger partial charge < -0.3 is 5.32 Å². The number of nitrogens with one attached hydrogen (secondary N) is 1. The van der Waals surface area contributed by atoms with Crippen molar-refractivity contribution in [2.75, 3.05) is 6.54 Å². The Labute approximate surface area is 128 Å². The van der Waals surface area contributed by atoms with Gasteiger partial charge in [0.15, 0.2) is 0 Å². The lowest BCUT2D eigenvalue weighted by atomic mass is 9.81. The first-order valence-corrected chi connectivity index (χ1v) is 7.82. The van der Waals surface area contributed by atoms with E-state index in [1.807, 2.05) is 10.9 Å². The maximum atomic E-state index is 4.43. The molecule has 21 heavy (non-hydrogen) atoms. The van der Waals surface area contributed by atoms with Gasteiger partial charge in [-0.15, -0.1) is 0 Å². The predicted molar refractivity (Wildman–Crippen MR) is 88.6 cm³/mol. The molecular weight excluding hydrogens is 258 g/mol. The molecule has 114 valence electrons. The molecule has 0 saturated carbocycles. The molecule has 3 nitrogen and oxygen atoms in total. The van der Waals surface area contributed by atoms with Crippen LogP contribution < -0.4 is 5.32 Å². The van der Waals surface area contributed by atoms with Gasteiger partial charge in [-0.05, 0) is 30.0 Å². The molecule has 3 heteroatoms. The van der Waals surface area contributed by atoms with Crippen LogP contribution in [0.5, 0.6) is 0 Å². The van der Waals surface area contributed by atoms with Gasteiger partial charge in [-0.1, -0.05) is 52.0 Å². The van der Waals surface area contributed by atoms with Gasteiger partial charge in [-0.25, -0.2) is 0 Å². The van der Waals surface area contributed by atoms with E-state index in [1.165, 1.54) is 16.7 Å². The van der Waals surface area contributed by atoms with Crippen LogP contribution in [0.25, 0.3) is 0 Å². The third-order valence-electron chi connectivity index (χ3n) is 3.80. The van der Waals surface area contributed by atoms with Gasteiger partial charge in [0.25, 0.3) is 0 Å². The van der Waals surface area contributed by atoms with E-state index in [0.717, 1.165) is 13.1 Å². The van der Waals surface area contributed by atoms with Gasteiger partial charge >= 0.3 is 0 Å². The summed E-state index contributed by atoms with van der Waals surface area (Å²) in [5.41, 5.74) is 4.10. The molecule has 0 radical (unpaired) electrons. The highest BCUT2D eigenvalue weighted by molar-refractivity contribution is 5.39. The molecule has 1 aromatic heterocycles. The highest BCUT2D eigenvalue weighted by atomic mass is 15.3. The van der Waals surface area contributed by atoms with Crippen LogP contribution in [-0.2, 0) is 12.0 Å². The lowest BCUT2D eigenvalue weighted by Crippen LogP contribution is -2.25. The Kier molecular flexibility index (Phi) is 4.84. The molecule has 0 saturated heterocycles. The molecule has 2 rings (SSSR count). The first-order chi connectivity index (χ1) is 9.97. The minimum absolute atomic E-state index is 0.130. The zero-order valence-electron chi connectivity index (χ0n) is 13.9. The number of aryl methyl sites for hydroxylation is 1. The van der Waals surface area contributed by atoms with Crippen LogP contribution in [0.15, 0.2) is 36.7 Å². The highest BCUT2D eigenvalue weighted by Gasteiger charge is 2.23. The molecule has 0 fully saturated rings. The SMILES string of the molecule is CCNC(c1cnn(CC)c1)c1ccccc1C(C)(C)C. The summed E-state index contributed by atoms with van der Waals surface area (Å²) in [4.78, 5) is 0. The fourth-order valence-corrected chi connectivity index (χ4v) is 2.74. The monoisotopic (exact) mass is 285 g/mol.